The summed E-state index contributed by atoms with van der Waals surface area (Å²) in [5.74, 6) is 2.70. The summed E-state index contributed by atoms with van der Waals surface area (Å²) in [6, 6.07) is 0.994. The van der Waals surface area contributed by atoms with Crippen LogP contribution in [-0.4, -0.2) is 31.1 Å². The fraction of sp³-hybridized carbons (Fsp3) is 0.500. The van der Waals surface area contributed by atoms with E-state index < -0.39 is 8.24 Å². The van der Waals surface area contributed by atoms with E-state index in [1.165, 1.54) is 6.42 Å². The molecule has 1 saturated carbocycles. The van der Waals surface area contributed by atoms with Crippen LogP contribution in [0.3, 0.4) is 0 Å². The van der Waals surface area contributed by atoms with Gasteiger partial charge in [-0.25, -0.2) is 0 Å². The second-order valence-corrected chi connectivity index (χ2v) is 13.8. The van der Waals surface area contributed by atoms with Crippen LogP contribution in [0, 0.1) is 23.7 Å². The molecular formula is C24H32N2Si. The van der Waals surface area contributed by atoms with Crippen molar-refractivity contribution in [2.45, 2.75) is 50.2 Å². The van der Waals surface area contributed by atoms with Gasteiger partial charge >= 0.3 is 0 Å². The maximum atomic E-state index is 3.92. The molecule has 5 rings (SSSR count). The molecule has 1 aliphatic heterocycles. The second-order valence-electron chi connectivity index (χ2n) is 9.31. The van der Waals surface area contributed by atoms with E-state index in [1.54, 1.807) is 0 Å². The standard InChI is InChI=1S/C24H32N2Si/c1-4-23-25-21-15-9-10-16-22(21)26(23)27(2,3)24-19-13-7-5-11-17(19)18-12-6-8-14-20(18)24/h5-25H,4H2,1-3H3/t17?,18?,19?,20?,21?,22-,23+,24?/m1/s1. The predicted molar refractivity (Wildman–Crippen MR) is 117 cm³/mol. The predicted octanol–water partition coefficient (Wildman–Crippen LogP) is 4.80. The van der Waals surface area contributed by atoms with Crippen molar-refractivity contribution < 1.29 is 0 Å². The van der Waals surface area contributed by atoms with Gasteiger partial charge in [-0.2, -0.15) is 0 Å². The summed E-state index contributed by atoms with van der Waals surface area (Å²) in [5, 5.41) is 3.92. The SMILES string of the molecule is CC[C@H]1NC2C=CC=C[C@H]2N1[Si](C)(C)C1C2C=CC=CC2C2C=CC=CC21. The molecule has 1 heterocycles. The quantitative estimate of drug-likeness (QED) is 0.712. The molecule has 2 nitrogen and oxygen atoms in total. The molecule has 1 saturated heterocycles. The third-order valence-corrected chi connectivity index (χ3v) is 12.1. The van der Waals surface area contributed by atoms with Gasteiger partial charge in [-0.1, -0.05) is 92.9 Å². The van der Waals surface area contributed by atoms with Crippen LogP contribution >= 0.6 is 0 Å². The van der Waals surface area contributed by atoms with Gasteiger partial charge in [0.05, 0.1) is 6.17 Å². The monoisotopic (exact) mass is 376 g/mol. The average Bonchev–Trinajstić information content (AvgIpc) is 3.24. The highest BCUT2D eigenvalue weighted by Gasteiger charge is 2.58. The largest absolute Gasteiger partial charge is 0.301 e. The Morgan fingerprint density at radius 1 is 0.741 bits per heavy atom. The maximum absolute atomic E-state index is 3.92. The van der Waals surface area contributed by atoms with Gasteiger partial charge in [-0.05, 0) is 35.6 Å². The molecular weight excluding hydrogens is 344 g/mol. The summed E-state index contributed by atoms with van der Waals surface area (Å²) in [4.78, 5) is 0. The van der Waals surface area contributed by atoms with E-state index >= 15 is 0 Å². The number of fused-ring (bicyclic) bond motifs is 4. The number of rotatable bonds is 3. The first-order valence-electron chi connectivity index (χ1n) is 10.7. The van der Waals surface area contributed by atoms with E-state index in [1.807, 2.05) is 0 Å². The zero-order valence-electron chi connectivity index (χ0n) is 16.7. The minimum atomic E-state index is -1.73. The van der Waals surface area contributed by atoms with Crippen molar-refractivity contribution in [3.63, 3.8) is 0 Å². The normalized spacial score (nSPS) is 44.6. The summed E-state index contributed by atoms with van der Waals surface area (Å²) in [5.41, 5.74) is 0.754. The highest BCUT2D eigenvalue weighted by Crippen LogP contribution is 2.59. The van der Waals surface area contributed by atoms with Crippen LogP contribution in [-0.2, 0) is 0 Å². The smallest absolute Gasteiger partial charge is 0.129 e. The molecule has 0 amide bonds. The van der Waals surface area contributed by atoms with E-state index in [-0.39, 0.29) is 0 Å². The lowest BCUT2D eigenvalue weighted by atomic mass is 9.83. The molecule has 0 bridgehead atoms. The van der Waals surface area contributed by atoms with Gasteiger partial charge in [0, 0.05) is 12.1 Å². The average molecular weight is 377 g/mol. The first-order valence-corrected chi connectivity index (χ1v) is 13.7. The second kappa shape index (κ2) is 6.58. The van der Waals surface area contributed by atoms with Gasteiger partial charge in [0.2, 0.25) is 0 Å². The van der Waals surface area contributed by atoms with Gasteiger partial charge in [0.1, 0.15) is 8.24 Å². The van der Waals surface area contributed by atoms with Crippen LogP contribution in [0.15, 0.2) is 72.9 Å². The molecule has 4 aliphatic carbocycles. The van der Waals surface area contributed by atoms with E-state index in [4.69, 9.17) is 0 Å². The van der Waals surface area contributed by atoms with Gasteiger partial charge < -0.3 is 4.57 Å². The fourth-order valence-electron chi connectivity index (χ4n) is 6.77. The molecule has 7 atom stereocenters. The lowest BCUT2D eigenvalue weighted by Crippen LogP contribution is -2.60. The van der Waals surface area contributed by atoms with Crippen molar-refractivity contribution in [3.05, 3.63) is 72.9 Å². The molecule has 142 valence electrons. The molecule has 5 aliphatic rings. The van der Waals surface area contributed by atoms with Crippen LogP contribution in [0.2, 0.25) is 18.6 Å². The summed E-state index contributed by atoms with van der Waals surface area (Å²) < 4.78 is 2.94. The Morgan fingerprint density at radius 2 is 1.26 bits per heavy atom. The molecule has 1 N–H and O–H groups in total. The molecule has 27 heavy (non-hydrogen) atoms. The molecule has 3 heteroatoms. The van der Waals surface area contributed by atoms with Crippen LogP contribution < -0.4 is 5.32 Å². The Kier molecular flexibility index (Phi) is 4.30. The molecule has 0 aromatic heterocycles. The van der Waals surface area contributed by atoms with Crippen LogP contribution in [0.5, 0.6) is 0 Å². The highest BCUT2D eigenvalue weighted by molar-refractivity contribution is 6.76. The summed E-state index contributed by atoms with van der Waals surface area (Å²) in [7, 11) is -1.73. The minimum absolute atomic E-state index is 0.475. The number of nitrogens with one attached hydrogen (secondary N) is 1. The van der Waals surface area contributed by atoms with E-state index in [9.17, 15) is 0 Å². The van der Waals surface area contributed by atoms with Crippen LogP contribution in [0.1, 0.15) is 13.3 Å². The summed E-state index contributed by atoms with van der Waals surface area (Å²) in [6.45, 7) is 7.63. The van der Waals surface area contributed by atoms with Crippen molar-refractivity contribution in [3.8, 4) is 0 Å². The Labute approximate surface area is 165 Å². The molecule has 0 aromatic rings. The Morgan fingerprint density at radius 3 is 1.85 bits per heavy atom. The van der Waals surface area contributed by atoms with Gasteiger partial charge in [0.25, 0.3) is 0 Å². The topological polar surface area (TPSA) is 15.3 Å². The first-order chi connectivity index (χ1) is 13.1. The van der Waals surface area contributed by atoms with Crippen molar-refractivity contribution in [1.29, 1.82) is 0 Å². The Balaban J connectivity index is 1.55. The van der Waals surface area contributed by atoms with Gasteiger partial charge in [0.15, 0.2) is 0 Å². The van der Waals surface area contributed by atoms with Gasteiger partial charge in [-0.3, -0.25) is 5.32 Å². The molecule has 0 spiro atoms. The minimum Gasteiger partial charge on any atom is -0.301 e. The number of nitrogens with zero attached hydrogens (tertiary/aromatic N) is 1. The lowest BCUT2D eigenvalue weighted by Gasteiger charge is -2.48. The van der Waals surface area contributed by atoms with Crippen molar-refractivity contribution in [2.75, 3.05) is 0 Å². The van der Waals surface area contributed by atoms with E-state index in [2.05, 4.69) is 103 Å². The fourth-order valence-corrected chi connectivity index (χ4v) is 11.7. The molecule has 2 fully saturated rings. The van der Waals surface area contributed by atoms with Crippen LogP contribution in [0.25, 0.3) is 0 Å². The van der Waals surface area contributed by atoms with Crippen molar-refractivity contribution >= 4 is 8.24 Å². The van der Waals surface area contributed by atoms with Gasteiger partial charge in [-0.15, -0.1) is 0 Å². The molecule has 0 radical (unpaired) electrons. The third-order valence-electron chi connectivity index (χ3n) is 7.73. The summed E-state index contributed by atoms with van der Waals surface area (Å²) in [6.07, 6.45) is 30.1. The lowest BCUT2D eigenvalue weighted by molar-refractivity contribution is 0.312. The Bertz CT molecular complexity index is 737. The van der Waals surface area contributed by atoms with E-state index in [0.717, 1.165) is 5.54 Å². The zero-order valence-corrected chi connectivity index (χ0v) is 17.7. The maximum Gasteiger partial charge on any atom is 0.129 e. The zero-order chi connectivity index (χ0) is 18.6. The third kappa shape index (κ3) is 2.59. The first kappa shape index (κ1) is 17.7. The number of hydrogen-bond donors (Lipinski definition) is 1. The summed E-state index contributed by atoms with van der Waals surface area (Å²) >= 11 is 0. The number of hydrogen-bond acceptors (Lipinski definition) is 2. The van der Waals surface area contributed by atoms with Crippen LogP contribution in [0.4, 0.5) is 0 Å². The number of allylic oxidation sites excluding steroid dienone is 10. The highest BCUT2D eigenvalue weighted by atomic mass is 28.3. The Hall–Kier alpha value is -1.42. The molecule has 0 aromatic carbocycles. The van der Waals surface area contributed by atoms with Crippen molar-refractivity contribution in [1.82, 2.24) is 9.88 Å². The van der Waals surface area contributed by atoms with Crippen molar-refractivity contribution in [2.24, 2.45) is 23.7 Å². The van der Waals surface area contributed by atoms with E-state index in [0.29, 0.717) is 41.9 Å². The molecule has 5 unspecified atom stereocenters.